The fourth-order valence-electron chi connectivity index (χ4n) is 2.75. The van der Waals surface area contributed by atoms with E-state index < -0.39 is 12.0 Å². The molecule has 26 heavy (non-hydrogen) atoms. The minimum Gasteiger partial charge on any atom is -0.464 e. The van der Waals surface area contributed by atoms with Gasteiger partial charge in [-0.15, -0.1) is 0 Å². The minimum atomic E-state index is -0.709. The standard InChI is InChI=1S/C21H40N2O3/c1-2-3-4-5-6-7-8-9-10-11-12-13-14-15-16-17-18-26-20(24)19-23-21(22)25/h9-10H,2-8,11-19H2,1H3,(H3,22,23,25). The number of hydrogen-bond acceptors (Lipinski definition) is 3. The molecule has 152 valence electrons. The van der Waals surface area contributed by atoms with Gasteiger partial charge in [0.05, 0.1) is 6.61 Å². The van der Waals surface area contributed by atoms with Crippen LogP contribution in [0.4, 0.5) is 4.79 Å². The van der Waals surface area contributed by atoms with E-state index >= 15 is 0 Å². The van der Waals surface area contributed by atoms with Crippen LogP contribution in [0.15, 0.2) is 12.2 Å². The largest absolute Gasteiger partial charge is 0.464 e. The monoisotopic (exact) mass is 368 g/mol. The fourth-order valence-corrected chi connectivity index (χ4v) is 2.75. The van der Waals surface area contributed by atoms with Crippen molar-refractivity contribution in [1.82, 2.24) is 5.32 Å². The third-order valence-corrected chi connectivity index (χ3v) is 4.33. The molecule has 0 aliphatic rings. The van der Waals surface area contributed by atoms with Crippen molar-refractivity contribution in [3.8, 4) is 0 Å². The van der Waals surface area contributed by atoms with Crippen LogP contribution >= 0.6 is 0 Å². The van der Waals surface area contributed by atoms with Gasteiger partial charge in [-0.1, -0.05) is 76.9 Å². The van der Waals surface area contributed by atoms with Crippen LogP contribution in [-0.2, 0) is 9.53 Å². The third-order valence-electron chi connectivity index (χ3n) is 4.33. The first kappa shape index (κ1) is 24.5. The molecule has 0 heterocycles. The molecule has 0 aliphatic carbocycles. The zero-order chi connectivity index (χ0) is 19.3. The molecular formula is C21H40N2O3. The highest BCUT2D eigenvalue weighted by Gasteiger charge is 2.03. The van der Waals surface area contributed by atoms with Gasteiger partial charge in [0.25, 0.3) is 0 Å². The van der Waals surface area contributed by atoms with Gasteiger partial charge in [0, 0.05) is 0 Å². The molecule has 0 unspecified atom stereocenters. The number of nitrogens with one attached hydrogen (secondary N) is 1. The van der Waals surface area contributed by atoms with Crippen LogP contribution in [0.2, 0.25) is 0 Å². The predicted molar refractivity (Wildman–Crippen MR) is 108 cm³/mol. The lowest BCUT2D eigenvalue weighted by Gasteiger charge is -2.05. The summed E-state index contributed by atoms with van der Waals surface area (Å²) in [5.41, 5.74) is 4.87. The Kier molecular flexibility index (Phi) is 18.6. The average Bonchev–Trinajstić information content (AvgIpc) is 2.62. The number of primary amides is 1. The molecule has 0 aromatic heterocycles. The smallest absolute Gasteiger partial charge is 0.325 e. The van der Waals surface area contributed by atoms with E-state index in [0.29, 0.717) is 6.61 Å². The number of hydrogen-bond donors (Lipinski definition) is 2. The highest BCUT2D eigenvalue weighted by molar-refractivity contribution is 5.79. The molecule has 2 amide bonds. The number of nitrogens with two attached hydrogens (primary N) is 1. The van der Waals surface area contributed by atoms with Crippen LogP contribution < -0.4 is 11.1 Å². The van der Waals surface area contributed by atoms with E-state index in [1.807, 2.05) is 0 Å². The number of esters is 1. The predicted octanol–water partition coefficient (Wildman–Crippen LogP) is 5.24. The van der Waals surface area contributed by atoms with Crippen LogP contribution in [0.3, 0.4) is 0 Å². The molecule has 0 spiro atoms. The molecule has 0 saturated carbocycles. The Morgan fingerprint density at radius 1 is 0.808 bits per heavy atom. The van der Waals surface area contributed by atoms with Gasteiger partial charge in [-0.3, -0.25) is 4.79 Å². The van der Waals surface area contributed by atoms with Crippen LogP contribution in [-0.4, -0.2) is 25.2 Å². The van der Waals surface area contributed by atoms with Crippen molar-refractivity contribution in [3.05, 3.63) is 12.2 Å². The first-order chi connectivity index (χ1) is 12.7. The summed E-state index contributed by atoms with van der Waals surface area (Å²) in [6.07, 6.45) is 22.2. The average molecular weight is 369 g/mol. The first-order valence-electron chi connectivity index (χ1n) is 10.5. The number of allylic oxidation sites excluding steroid dienone is 2. The zero-order valence-corrected chi connectivity index (χ0v) is 16.8. The molecule has 0 saturated heterocycles. The molecule has 0 bridgehead atoms. The molecule has 0 radical (unpaired) electrons. The van der Waals surface area contributed by atoms with Crippen molar-refractivity contribution >= 4 is 12.0 Å². The molecule has 5 nitrogen and oxygen atoms in total. The van der Waals surface area contributed by atoms with Crippen molar-refractivity contribution in [1.29, 1.82) is 0 Å². The second kappa shape index (κ2) is 19.8. The summed E-state index contributed by atoms with van der Waals surface area (Å²) in [6.45, 7) is 2.52. The van der Waals surface area contributed by atoms with Gasteiger partial charge in [-0.05, 0) is 32.1 Å². The Balaban J connectivity index is 3.18. The molecule has 0 aromatic carbocycles. The Morgan fingerprint density at radius 2 is 1.31 bits per heavy atom. The highest BCUT2D eigenvalue weighted by Crippen LogP contribution is 2.09. The number of ether oxygens (including phenoxy) is 1. The normalized spacial score (nSPS) is 11.0. The van der Waals surface area contributed by atoms with E-state index in [1.165, 1.54) is 77.0 Å². The van der Waals surface area contributed by atoms with Crippen LogP contribution in [0.5, 0.6) is 0 Å². The SMILES string of the molecule is CCCCCCCCC=CCCCCCCCCOC(=O)CNC(N)=O. The van der Waals surface area contributed by atoms with Crippen molar-refractivity contribution < 1.29 is 14.3 Å². The minimum absolute atomic E-state index is 0.151. The summed E-state index contributed by atoms with van der Waals surface area (Å²) in [7, 11) is 0. The van der Waals surface area contributed by atoms with E-state index in [1.54, 1.807) is 0 Å². The molecular weight excluding hydrogens is 328 g/mol. The van der Waals surface area contributed by atoms with Crippen LogP contribution in [0.25, 0.3) is 0 Å². The van der Waals surface area contributed by atoms with E-state index in [2.05, 4.69) is 24.4 Å². The van der Waals surface area contributed by atoms with Crippen molar-refractivity contribution in [3.63, 3.8) is 0 Å². The number of amides is 2. The Labute approximate surface area is 160 Å². The maximum absolute atomic E-state index is 11.2. The van der Waals surface area contributed by atoms with Crippen LogP contribution in [0.1, 0.15) is 96.8 Å². The zero-order valence-electron chi connectivity index (χ0n) is 16.8. The maximum atomic E-state index is 11.2. The number of unbranched alkanes of at least 4 members (excludes halogenated alkanes) is 12. The Bertz CT molecular complexity index is 370. The Hall–Kier alpha value is -1.52. The molecule has 5 heteroatoms. The van der Waals surface area contributed by atoms with Gasteiger partial charge in [0.15, 0.2) is 0 Å². The summed E-state index contributed by atoms with van der Waals surface area (Å²) in [5.74, 6) is -0.434. The second-order valence-electron chi connectivity index (χ2n) is 6.88. The van der Waals surface area contributed by atoms with Gasteiger partial charge in [-0.25, -0.2) is 4.79 Å². The van der Waals surface area contributed by atoms with Gasteiger partial charge in [0.1, 0.15) is 6.54 Å². The van der Waals surface area contributed by atoms with Gasteiger partial charge in [0.2, 0.25) is 0 Å². The highest BCUT2D eigenvalue weighted by atomic mass is 16.5. The number of carbonyl (C=O) groups is 2. The van der Waals surface area contributed by atoms with Crippen molar-refractivity contribution in [2.75, 3.05) is 13.2 Å². The lowest BCUT2D eigenvalue weighted by Crippen LogP contribution is -2.34. The maximum Gasteiger partial charge on any atom is 0.325 e. The van der Waals surface area contributed by atoms with Crippen LogP contribution in [0, 0.1) is 0 Å². The van der Waals surface area contributed by atoms with Gasteiger partial charge >= 0.3 is 12.0 Å². The molecule has 0 fully saturated rings. The summed E-state index contributed by atoms with van der Waals surface area (Å²) in [5, 5.41) is 2.21. The Morgan fingerprint density at radius 3 is 1.85 bits per heavy atom. The van der Waals surface area contributed by atoms with E-state index in [0.717, 1.165) is 12.8 Å². The fraction of sp³-hybridized carbons (Fsp3) is 0.810. The summed E-state index contributed by atoms with van der Waals surface area (Å²) in [4.78, 5) is 21.6. The van der Waals surface area contributed by atoms with Gasteiger partial charge < -0.3 is 15.8 Å². The second-order valence-corrected chi connectivity index (χ2v) is 6.88. The van der Waals surface area contributed by atoms with Crippen molar-refractivity contribution in [2.45, 2.75) is 96.8 Å². The van der Waals surface area contributed by atoms with E-state index in [9.17, 15) is 9.59 Å². The molecule has 0 atom stereocenters. The molecule has 0 aromatic rings. The molecule has 3 N–H and O–H groups in total. The molecule has 0 rings (SSSR count). The van der Waals surface area contributed by atoms with E-state index in [4.69, 9.17) is 10.5 Å². The lowest BCUT2D eigenvalue weighted by molar-refractivity contribution is -0.142. The van der Waals surface area contributed by atoms with Crippen molar-refractivity contribution in [2.24, 2.45) is 5.73 Å². The first-order valence-corrected chi connectivity index (χ1v) is 10.5. The topological polar surface area (TPSA) is 81.4 Å². The number of carbonyl (C=O) groups excluding carboxylic acids is 2. The number of urea groups is 1. The summed E-state index contributed by atoms with van der Waals surface area (Å²) >= 11 is 0. The third kappa shape index (κ3) is 20.5. The quantitative estimate of drug-likeness (QED) is 0.197. The molecule has 0 aliphatic heterocycles. The van der Waals surface area contributed by atoms with E-state index in [-0.39, 0.29) is 6.54 Å². The lowest BCUT2D eigenvalue weighted by atomic mass is 10.1. The summed E-state index contributed by atoms with van der Waals surface area (Å²) in [6, 6.07) is -0.709. The number of rotatable bonds is 18. The van der Waals surface area contributed by atoms with Gasteiger partial charge in [-0.2, -0.15) is 0 Å². The summed E-state index contributed by atoms with van der Waals surface area (Å²) < 4.78 is 4.99.